The van der Waals surface area contributed by atoms with Crippen LogP contribution in [0.4, 0.5) is 14.5 Å². The fourth-order valence-corrected chi connectivity index (χ4v) is 4.45. The topological polar surface area (TPSA) is 66.9 Å². The van der Waals surface area contributed by atoms with E-state index in [1.165, 1.54) is 4.90 Å². The summed E-state index contributed by atoms with van der Waals surface area (Å²) in [6.45, 7) is 2.65. The number of carbonyl (C=O) groups excluding carboxylic acids is 3. The van der Waals surface area contributed by atoms with Crippen LogP contribution in [0.15, 0.2) is 42.5 Å². The van der Waals surface area contributed by atoms with Crippen molar-refractivity contribution in [1.82, 2.24) is 4.90 Å². The summed E-state index contributed by atoms with van der Waals surface area (Å²) in [5.74, 6) is -3.37. The van der Waals surface area contributed by atoms with Gasteiger partial charge in [0.05, 0.1) is 11.5 Å². The number of benzene rings is 2. The molecule has 2 heterocycles. The molecule has 33 heavy (non-hydrogen) atoms. The number of nitrogens with zero attached hydrogens (tertiary/aromatic N) is 2. The third-order valence-electron chi connectivity index (χ3n) is 6.29. The number of para-hydroxylation sites is 1. The molecule has 0 N–H and O–H groups in total. The monoisotopic (exact) mass is 456 g/mol. The van der Waals surface area contributed by atoms with Crippen molar-refractivity contribution in [1.29, 1.82) is 0 Å². The van der Waals surface area contributed by atoms with Gasteiger partial charge in [0, 0.05) is 31.4 Å². The normalized spacial score (nSPS) is 17.3. The Morgan fingerprint density at radius 2 is 1.76 bits per heavy atom. The zero-order chi connectivity index (χ0) is 23.5. The van der Waals surface area contributed by atoms with Crippen molar-refractivity contribution in [3.05, 3.63) is 65.2 Å². The number of halogens is 2. The minimum absolute atomic E-state index is 0.196. The van der Waals surface area contributed by atoms with E-state index in [1.54, 1.807) is 11.8 Å². The lowest BCUT2D eigenvalue weighted by Crippen LogP contribution is -2.45. The Morgan fingerprint density at radius 1 is 1.03 bits per heavy atom. The lowest BCUT2D eigenvalue weighted by Gasteiger charge is -2.33. The Bertz CT molecular complexity index is 1070. The van der Waals surface area contributed by atoms with Crippen LogP contribution in [0.5, 0.6) is 0 Å². The Labute approximate surface area is 191 Å². The van der Waals surface area contributed by atoms with Gasteiger partial charge in [-0.25, -0.2) is 8.78 Å². The highest BCUT2D eigenvalue weighted by Crippen LogP contribution is 2.28. The molecule has 2 aliphatic rings. The first-order valence-electron chi connectivity index (χ1n) is 11.2. The van der Waals surface area contributed by atoms with E-state index in [0.29, 0.717) is 25.5 Å². The molecule has 0 aromatic heterocycles. The molecule has 8 heteroatoms. The highest BCUT2D eigenvalue weighted by molar-refractivity contribution is 5.98. The molecule has 1 atom stereocenters. The number of hydrogen-bond donors (Lipinski definition) is 0. The zero-order valence-corrected chi connectivity index (χ0v) is 18.4. The second-order valence-electron chi connectivity index (χ2n) is 8.49. The average Bonchev–Trinajstić information content (AvgIpc) is 2.83. The molecule has 2 aromatic carbocycles. The van der Waals surface area contributed by atoms with E-state index in [4.69, 9.17) is 4.74 Å². The van der Waals surface area contributed by atoms with E-state index in [1.807, 2.05) is 24.3 Å². The first kappa shape index (κ1) is 22.9. The van der Waals surface area contributed by atoms with Gasteiger partial charge >= 0.3 is 5.97 Å². The van der Waals surface area contributed by atoms with E-state index in [-0.39, 0.29) is 24.6 Å². The number of amides is 2. The predicted molar refractivity (Wildman–Crippen MR) is 118 cm³/mol. The molecule has 2 aliphatic heterocycles. The van der Waals surface area contributed by atoms with E-state index >= 15 is 0 Å². The Kier molecular flexibility index (Phi) is 6.72. The van der Waals surface area contributed by atoms with Crippen molar-refractivity contribution in [2.75, 3.05) is 24.5 Å². The minimum atomic E-state index is -0.920. The Balaban J connectivity index is 1.32. The van der Waals surface area contributed by atoms with Gasteiger partial charge in [0.25, 0.3) is 11.8 Å². The maximum Gasteiger partial charge on any atom is 0.309 e. The molecular weight excluding hydrogens is 430 g/mol. The number of fused-ring (bicyclic) bond motifs is 1. The molecule has 6 nitrogen and oxygen atoms in total. The summed E-state index contributed by atoms with van der Waals surface area (Å²) in [4.78, 5) is 41.3. The maximum atomic E-state index is 13.9. The standard InChI is InChI=1S/C25H26F2N2O4/c1-16(23(30)29-12-4-6-17-5-2-3-7-22(17)29)33-25(32)18-10-13-28(14-11-18)24(31)20-9-8-19(26)15-21(20)27/h2-3,5,7-9,15-16,18H,4,6,10-14H2,1H3/t16-/m0/s1. The number of anilines is 1. The molecule has 0 unspecified atom stereocenters. The van der Waals surface area contributed by atoms with Crippen molar-refractivity contribution < 1.29 is 27.9 Å². The van der Waals surface area contributed by atoms with Crippen LogP contribution in [0.3, 0.4) is 0 Å². The fourth-order valence-electron chi connectivity index (χ4n) is 4.45. The molecule has 0 aliphatic carbocycles. The summed E-state index contributed by atoms with van der Waals surface area (Å²) < 4.78 is 32.5. The lowest BCUT2D eigenvalue weighted by atomic mass is 9.96. The van der Waals surface area contributed by atoms with Gasteiger partial charge < -0.3 is 14.5 Å². The van der Waals surface area contributed by atoms with Crippen LogP contribution in [0.2, 0.25) is 0 Å². The van der Waals surface area contributed by atoms with Gasteiger partial charge in [-0.1, -0.05) is 18.2 Å². The molecular formula is C25H26F2N2O4. The summed E-state index contributed by atoms with van der Waals surface area (Å²) in [6.07, 6.45) is 1.54. The van der Waals surface area contributed by atoms with Crippen molar-refractivity contribution in [3.8, 4) is 0 Å². The summed E-state index contributed by atoms with van der Waals surface area (Å²) in [6, 6.07) is 10.6. The van der Waals surface area contributed by atoms with Crippen LogP contribution in [0.25, 0.3) is 0 Å². The number of carbonyl (C=O) groups is 3. The molecule has 0 spiro atoms. The first-order chi connectivity index (χ1) is 15.8. The van der Waals surface area contributed by atoms with Crippen LogP contribution < -0.4 is 4.90 Å². The summed E-state index contributed by atoms with van der Waals surface area (Å²) >= 11 is 0. The third kappa shape index (κ3) is 4.89. The Morgan fingerprint density at radius 3 is 2.48 bits per heavy atom. The molecule has 0 radical (unpaired) electrons. The SMILES string of the molecule is C[C@H](OC(=O)C1CCN(C(=O)c2ccc(F)cc2F)CC1)C(=O)N1CCCc2ccccc21. The second-order valence-corrected chi connectivity index (χ2v) is 8.49. The fraction of sp³-hybridized carbons (Fsp3) is 0.400. The van der Waals surface area contributed by atoms with Crippen LogP contribution in [-0.2, 0) is 20.7 Å². The van der Waals surface area contributed by atoms with Gasteiger partial charge in [0.2, 0.25) is 0 Å². The van der Waals surface area contributed by atoms with Gasteiger partial charge in [-0.05, 0) is 56.4 Å². The largest absolute Gasteiger partial charge is 0.452 e. The van der Waals surface area contributed by atoms with Crippen molar-refractivity contribution in [3.63, 3.8) is 0 Å². The van der Waals surface area contributed by atoms with Gasteiger partial charge in [-0.3, -0.25) is 14.4 Å². The van der Waals surface area contributed by atoms with E-state index < -0.39 is 35.5 Å². The van der Waals surface area contributed by atoms with Gasteiger partial charge in [0.1, 0.15) is 11.6 Å². The van der Waals surface area contributed by atoms with Gasteiger partial charge in [-0.15, -0.1) is 0 Å². The molecule has 2 amide bonds. The number of likely N-dealkylation sites (tertiary alicyclic amines) is 1. The zero-order valence-electron chi connectivity index (χ0n) is 18.4. The lowest BCUT2D eigenvalue weighted by molar-refractivity contribution is -0.159. The molecule has 174 valence electrons. The molecule has 0 bridgehead atoms. The molecule has 4 rings (SSSR count). The van der Waals surface area contributed by atoms with E-state index in [9.17, 15) is 23.2 Å². The number of piperidine rings is 1. The highest BCUT2D eigenvalue weighted by atomic mass is 19.1. The van der Waals surface area contributed by atoms with E-state index in [0.717, 1.165) is 36.2 Å². The van der Waals surface area contributed by atoms with Crippen LogP contribution in [0.1, 0.15) is 42.1 Å². The highest BCUT2D eigenvalue weighted by Gasteiger charge is 2.33. The summed E-state index contributed by atoms with van der Waals surface area (Å²) in [5.41, 5.74) is 1.76. The molecule has 1 fully saturated rings. The first-order valence-corrected chi connectivity index (χ1v) is 11.2. The smallest absolute Gasteiger partial charge is 0.309 e. The van der Waals surface area contributed by atoms with Crippen LogP contribution in [0, 0.1) is 17.6 Å². The van der Waals surface area contributed by atoms with Crippen molar-refractivity contribution >= 4 is 23.5 Å². The van der Waals surface area contributed by atoms with E-state index in [2.05, 4.69) is 0 Å². The van der Waals surface area contributed by atoms with Crippen molar-refractivity contribution in [2.24, 2.45) is 5.92 Å². The summed E-state index contributed by atoms with van der Waals surface area (Å²) in [5, 5.41) is 0. The van der Waals surface area contributed by atoms with Crippen LogP contribution >= 0.6 is 0 Å². The van der Waals surface area contributed by atoms with Crippen LogP contribution in [-0.4, -0.2) is 48.4 Å². The van der Waals surface area contributed by atoms with Gasteiger partial charge in [0.15, 0.2) is 6.10 Å². The predicted octanol–water partition coefficient (Wildman–Crippen LogP) is 3.73. The number of esters is 1. The number of rotatable bonds is 4. The molecule has 1 saturated heterocycles. The number of hydrogen-bond acceptors (Lipinski definition) is 4. The number of ether oxygens (including phenoxy) is 1. The maximum absolute atomic E-state index is 13.9. The van der Waals surface area contributed by atoms with Crippen molar-refractivity contribution in [2.45, 2.75) is 38.7 Å². The minimum Gasteiger partial charge on any atom is -0.452 e. The average molecular weight is 456 g/mol. The Hall–Kier alpha value is -3.29. The van der Waals surface area contributed by atoms with Gasteiger partial charge in [-0.2, -0.15) is 0 Å². The summed E-state index contributed by atoms with van der Waals surface area (Å²) in [7, 11) is 0. The quantitative estimate of drug-likeness (QED) is 0.658. The molecule has 2 aromatic rings. The number of aryl methyl sites for hydroxylation is 1. The molecule has 0 saturated carbocycles. The third-order valence-corrected chi connectivity index (χ3v) is 6.29. The second kappa shape index (κ2) is 9.68.